The molecule has 158 valence electrons. The van der Waals surface area contributed by atoms with Crippen LogP contribution < -0.4 is 10.9 Å². The number of nitrogens with zero attached hydrogens (tertiary/aromatic N) is 1. The maximum Gasteiger partial charge on any atom is 0.349 e. The molecule has 1 amide bonds. The van der Waals surface area contributed by atoms with E-state index in [9.17, 15) is 9.59 Å². The van der Waals surface area contributed by atoms with Crippen LogP contribution in [0.2, 0.25) is 0 Å². The quantitative estimate of drug-likeness (QED) is 0.274. The normalized spacial score (nSPS) is 11.3. The van der Waals surface area contributed by atoms with Crippen molar-refractivity contribution in [3.05, 3.63) is 107 Å². The van der Waals surface area contributed by atoms with Gasteiger partial charge in [-0.25, -0.2) is 9.78 Å². The number of para-hydroxylation sites is 3. The molecule has 1 N–H and O–H groups in total. The van der Waals surface area contributed by atoms with E-state index in [-0.39, 0.29) is 5.56 Å². The zero-order valence-corrected chi connectivity index (χ0v) is 17.2. The molecule has 4 aromatic carbocycles. The summed E-state index contributed by atoms with van der Waals surface area (Å²) in [6, 6.07) is 27.5. The lowest BCUT2D eigenvalue weighted by molar-refractivity contribution is 0.102. The van der Waals surface area contributed by atoms with Gasteiger partial charge in [0, 0.05) is 5.39 Å². The van der Waals surface area contributed by atoms with Crippen molar-refractivity contribution in [3.63, 3.8) is 0 Å². The molecule has 0 unspecified atom stereocenters. The Morgan fingerprint density at radius 1 is 0.758 bits per heavy atom. The predicted octanol–water partition coefficient (Wildman–Crippen LogP) is 6.01. The minimum Gasteiger partial charge on any atom is -0.436 e. The number of carbonyl (C=O) groups is 1. The summed E-state index contributed by atoms with van der Waals surface area (Å²) < 4.78 is 11.3. The van der Waals surface area contributed by atoms with E-state index < -0.39 is 11.5 Å². The molecule has 0 saturated carbocycles. The Bertz CT molecular complexity index is 1710. The number of rotatable bonds is 3. The van der Waals surface area contributed by atoms with Gasteiger partial charge in [-0.05, 0) is 47.2 Å². The minimum absolute atomic E-state index is 0.0776. The number of hydrogen-bond acceptors (Lipinski definition) is 5. The average Bonchev–Trinajstić information content (AvgIpc) is 3.28. The van der Waals surface area contributed by atoms with Gasteiger partial charge >= 0.3 is 5.63 Å². The van der Waals surface area contributed by atoms with Gasteiger partial charge in [0.15, 0.2) is 5.58 Å². The van der Waals surface area contributed by atoms with Crippen molar-refractivity contribution in [1.29, 1.82) is 0 Å². The van der Waals surface area contributed by atoms with Crippen molar-refractivity contribution in [1.82, 2.24) is 4.98 Å². The zero-order chi connectivity index (χ0) is 22.4. The third-order valence-electron chi connectivity index (χ3n) is 5.59. The van der Waals surface area contributed by atoms with Crippen LogP contribution in [0.5, 0.6) is 0 Å². The summed E-state index contributed by atoms with van der Waals surface area (Å²) in [7, 11) is 0. The highest BCUT2D eigenvalue weighted by atomic mass is 16.4. The van der Waals surface area contributed by atoms with Crippen LogP contribution in [0.15, 0.2) is 105 Å². The van der Waals surface area contributed by atoms with E-state index in [0.29, 0.717) is 33.7 Å². The smallest absolute Gasteiger partial charge is 0.349 e. The second kappa shape index (κ2) is 7.46. The van der Waals surface area contributed by atoms with Gasteiger partial charge in [0.2, 0.25) is 5.89 Å². The molecule has 0 spiro atoms. The monoisotopic (exact) mass is 432 g/mol. The fourth-order valence-electron chi connectivity index (χ4n) is 3.99. The largest absolute Gasteiger partial charge is 0.436 e. The first kappa shape index (κ1) is 19.0. The van der Waals surface area contributed by atoms with Gasteiger partial charge in [0.05, 0.1) is 11.3 Å². The summed E-state index contributed by atoms with van der Waals surface area (Å²) in [4.78, 5) is 30.3. The van der Waals surface area contributed by atoms with Crippen molar-refractivity contribution in [3.8, 4) is 11.5 Å². The highest BCUT2D eigenvalue weighted by molar-refractivity contribution is 6.11. The van der Waals surface area contributed by atoms with Gasteiger partial charge in [-0.15, -0.1) is 0 Å². The number of amides is 1. The molecule has 2 aromatic heterocycles. The summed E-state index contributed by atoms with van der Waals surface area (Å²) in [5, 5.41) is 5.42. The Labute approximate surface area is 187 Å². The summed E-state index contributed by atoms with van der Waals surface area (Å²) >= 11 is 0. The fraction of sp³-hybridized carbons (Fsp3) is 0. The van der Waals surface area contributed by atoms with Gasteiger partial charge in [-0.3, -0.25) is 4.79 Å². The fourth-order valence-corrected chi connectivity index (χ4v) is 3.99. The molecule has 6 nitrogen and oxygen atoms in total. The SMILES string of the molecule is O=C(Nc1ccccc1-c1nc2ccccc2o1)c1cc2c(ccc3ccccc32)oc1=O. The van der Waals surface area contributed by atoms with Gasteiger partial charge in [0.1, 0.15) is 16.7 Å². The van der Waals surface area contributed by atoms with E-state index in [1.54, 1.807) is 30.3 Å². The first-order chi connectivity index (χ1) is 16.2. The average molecular weight is 432 g/mol. The van der Waals surface area contributed by atoms with Crippen LogP contribution in [0, 0.1) is 0 Å². The maximum atomic E-state index is 13.1. The number of fused-ring (bicyclic) bond motifs is 4. The molecule has 0 fully saturated rings. The Balaban J connectivity index is 1.42. The number of anilines is 1. The molecule has 0 saturated heterocycles. The number of carbonyl (C=O) groups excluding carboxylic acids is 1. The first-order valence-electron chi connectivity index (χ1n) is 10.4. The zero-order valence-electron chi connectivity index (χ0n) is 17.2. The molecule has 2 heterocycles. The van der Waals surface area contributed by atoms with E-state index in [1.807, 2.05) is 60.7 Å². The summed E-state index contributed by atoms with van der Waals surface area (Å²) in [5.41, 5.74) is 2.11. The van der Waals surface area contributed by atoms with Crippen LogP contribution in [-0.2, 0) is 0 Å². The van der Waals surface area contributed by atoms with E-state index in [0.717, 1.165) is 16.3 Å². The first-order valence-corrected chi connectivity index (χ1v) is 10.4. The summed E-state index contributed by atoms with van der Waals surface area (Å²) in [6.45, 7) is 0. The lowest BCUT2D eigenvalue weighted by atomic mass is 10.0. The van der Waals surface area contributed by atoms with E-state index >= 15 is 0 Å². The Morgan fingerprint density at radius 3 is 2.45 bits per heavy atom. The van der Waals surface area contributed by atoms with Crippen molar-refractivity contribution in [2.75, 3.05) is 5.32 Å². The number of aromatic nitrogens is 1. The number of nitrogens with one attached hydrogen (secondary N) is 1. The van der Waals surface area contributed by atoms with E-state index in [2.05, 4.69) is 10.3 Å². The van der Waals surface area contributed by atoms with Crippen LogP contribution in [0.25, 0.3) is 44.3 Å². The molecular formula is C27H16N2O4. The van der Waals surface area contributed by atoms with Gasteiger partial charge in [-0.1, -0.05) is 54.6 Å². The standard InChI is InChI=1S/C27H16N2O4/c30-25(20-15-19-17-8-2-1-7-16(17)13-14-23(19)33-27(20)31)28-21-10-4-3-9-18(21)26-29-22-11-5-6-12-24(22)32-26/h1-15H,(H,28,30). The van der Waals surface area contributed by atoms with Gasteiger partial charge in [-0.2, -0.15) is 0 Å². The number of oxazole rings is 1. The molecule has 0 aliphatic rings. The van der Waals surface area contributed by atoms with E-state index in [1.165, 1.54) is 0 Å². The lowest BCUT2D eigenvalue weighted by Crippen LogP contribution is -2.21. The Hall–Kier alpha value is -4.71. The van der Waals surface area contributed by atoms with Crippen LogP contribution >= 0.6 is 0 Å². The van der Waals surface area contributed by atoms with Crippen molar-refractivity contribution in [2.45, 2.75) is 0 Å². The third kappa shape index (κ3) is 3.25. The molecule has 33 heavy (non-hydrogen) atoms. The lowest BCUT2D eigenvalue weighted by Gasteiger charge is -2.09. The summed E-state index contributed by atoms with van der Waals surface area (Å²) in [6.07, 6.45) is 0. The van der Waals surface area contributed by atoms with Crippen molar-refractivity contribution in [2.24, 2.45) is 0 Å². The highest BCUT2D eigenvalue weighted by Crippen LogP contribution is 2.31. The molecule has 6 heteroatoms. The molecular weight excluding hydrogens is 416 g/mol. The molecule has 6 rings (SSSR count). The highest BCUT2D eigenvalue weighted by Gasteiger charge is 2.18. The molecule has 0 aliphatic heterocycles. The Morgan fingerprint density at radius 2 is 1.55 bits per heavy atom. The molecule has 0 radical (unpaired) electrons. The Kier molecular flexibility index (Phi) is 4.30. The van der Waals surface area contributed by atoms with Crippen LogP contribution in [0.4, 0.5) is 5.69 Å². The second-order valence-electron chi connectivity index (χ2n) is 7.63. The topological polar surface area (TPSA) is 85.3 Å². The summed E-state index contributed by atoms with van der Waals surface area (Å²) in [5.74, 6) is -0.189. The maximum absolute atomic E-state index is 13.1. The number of benzene rings is 4. The van der Waals surface area contributed by atoms with Gasteiger partial charge in [0.25, 0.3) is 5.91 Å². The van der Waals surface area contributed by atoms with Crippen LogP contribution in [-0.4, -0.2) is 10.9 Å². The minimum atomic E-state index is -0.699. The molecule has 6 aromatic rings. The van der Waals surface area contributed by atoms with Crippen LogP contribution in [0.3, 0.4) is 0 Å². The third-order valence-corrected chi connectivity index (χ3v) is 5.59. The van der Waals surface area contributed by atoms with E-state index in [4.69, 9.17) is 8.83 Å². The van der Waals surface area contributed by atoms with Crippen LogP contribution in [0.1, 0.15) is 10.4 Å². The van der Waals surface area contributed by atoms with Crippen molar-refractivity contribution < 1.29 is 13.6 Å². The molecule has 0 aliphatic carbocycles. The second-order valence-corrected chi connectivity index (χ2v) is 7.63. The van der Waals surface area contributed by atoms with Gasteiger partial charge < -0.3 is 14.2 Å². The van der Waals surface area contributed by atoms with Crippen molar-refractivity contribution >= 4 is 44.4 Å². The number of hydrogen-bond donors (Lipinski definition) is 1. The predicted molar refractivity (Wildman–Crippen MR) is 127 cm³/mol. The molecule has 0 atom stereocenters. The molecule has 0 bridgehead atoms.